The summed E-state index contributed by atoms with van der Waals surface area (Å²) in [5, 5.41) is 8.99. The van der Waals surface area contributed by atoms with Gasteiger partial charge in [-0.1, -0.05) is 51.4 Å². The van der Waals surface area contributed by atoms with Gasteiger partial charge in [-0.3, -0.25) is 9.78 Å². The molecule has 0 saturated carbocycles. The molecular weight excluding hydrogens is 458 g/mol. The molecule has 3 N–H and O–H groups in total. The minimum Gasteiger partial charge on any atom is -0.468 e. The molecule has 10 heteroatoms. The normalized spacial score (nSPS) is 10.8. The van der Waals surface area contributed by atoms with Crippen LogP contribution in [0.25, 0.3) is 22.8 Å². The van der Waals surface area contributed by atoms with Crippen molar-refractivity contribution < 1.29 is 13.5 Å². The number of nitriles is 1. The lowest BCUT2D eigenvalue weighted by Crippen LogP contribution is -2.11. The second-order valence-corrected chi connectivity index (χ2v) is 6.92. The van der Waals surface area contributed by atoms with E-state index in [1.807, 2.05) is 33.8 Å². The molecule has 0 aliphatic heterocycles. The SMILES string of the molecule is CC.CC.COc1nc2c(F)c(/C=C/C=C(/F)c3cc(C#N)c(N)s3)c(Cl)cc2c(=O)[nH]1. The van der Waals surface area contributed by atoms with Crippen LogP contribution in [0, 0.1) is 17.1 Å². The Balaban J connectivity index is 0.00000121. The molecule has 0 aliphatic rings. The average Bonchev–Trinajstić information content (AvgIpc) is 3.20. The minimum absolute atomic E-state index is 0.0414. The number of fused-ring (bicyclic) bond motifs is 1. The summed E-state index contributed by atoms with van der Waals surface area (Å²) in [5.41, 5.74) is 4.90. The zero-order valence-corrected chi connectivity index (χ0v) is 19.8. The highest BCUT2D eigenvalue weighted by Crippen LogP contribution is 2.31. The second-order valence-electron chi connectivity index (χ2n) is 5.43. The van der Waals surface area contributed by atoms with Crippen molar-refractivity contribution in [3.8, 4) is 12.1 Å². The van der Waals surface area contributed by atoms with Gasteiger partial charge in [0.25, 0.3) is 11.6 Å². The lowest BCUT2D eigenvalue weighted by atomic mass is 10.1. The molecule has 32 heavy (non-hydrogen) atoms. The maximum atomic E-state index is 14.8. The van der Waals surface area contributed by atoms with Crippen LogP contribution >= 0.6 is 22.9 Å². The molecule has 0 bridgehead atoms. The van der Waals surface area contributed by atoms with Crippen molar-refractivity contribution in [2.24, 2.45) is 0 Å². The molecule has 170 valence electrons. The number of hydrogen-bond acceptors (Lipinski definition) is 6. The van der Waals surface area contributed by atoms with Gasteiger partial charge < -0.3 is 10.5 Å². The summed E-state index contributed by atoms with van der Waals surface area (Å²) in [4.78, 5) is 18.4. The molecule has 0 fully saturated rings. The van der Waals surface area contributed by atoms with Gasteiger partial charge in [0.2, 0.25) is 0 Å². The van der Waals surface area contributed by atoms with Crippen molar-refractivity contribution in [1.29, 1.82) is 5.26 Å². The minimum atomic E-state index is -0.843. The smallest absolute Gasteiger partial charge is 0.296 e. The van der Waals surface area contributed by atoms with E-state index in [0.29, 0.717) is 0 Å². The fourth-order valence-electron chi connectivity index (χ4n) is 2.37. The first-order valence-corrected chi connectivity index (χ1v) is 10.8. The molecule has 3 aromatic rings. The second kappa shape index (κ2) is 12.6. The third kappa shape index (κ3) is 5.93. The number of nitrogens with one attached hydrogen (secondary N) is 1. The molecule has 0 unspecified atom stereocenters. The molecule has 0 amide bonds. The molecule has 0 atom stereocenters. The summed E-state index contributed by atoms with van der Waals surface area (Å²) in [7, 11) is 1.28. The first kappa shape index (κ1) is 26.8. The van der Waals surface area contributed by atoms with Crippen LogP contribution in [0.5, 0.6) is 6.01 Å². The van der Waals surface area contributed by atoms with Crippen LogP contribution in [-0.2, 0) is 0 Å². The number of anilines is 1. The van der Waals surface area contributed by atoms with Crippen LogP contribution in [0.2, 0.25) is 5.02 Å². The summed E-state index contributed by atoms with van der Waals surface area (Å²) < 4.78 is 33.9. The highest BCUT2D eigenvalue weighted by molar-refractivity contribution is 7.17. The van der Waals surface area contributed by atoms with Crippen LogP contribution in [0.3, 0.4) is 0 Å². The lowest BCUT2D eigenvalue weighted by Gasteiger charge is -2.06. The number of ether oxygens (including phenoxy) is 1. The average molecular weight is 481 g/mol. The van der Waals surface area contributed by atoms with Crippen LogP contribution < -0.4 is 16.0 Å². The number of methoxy groups -OCH3 is 1. The Morgan fingerprint density at radius 1 is 1.34 bits per heavy atom. The van der Waals surface area contributed by atoms with E-state index >= 15 is 0 Å². The van der Waals surface area contributed by atoms with E-state index in [-0.39, 0.29) is 42.9 Å². The van der Waals surface area contributed by atoms with Gasteiger partial charge in [-0.05, 0) is 18.2 Å². The Hall–Kier alpha value is -3.22. The van der Waals surface area contributed by atoms with Gasteiger partial charge >= 0.3 is 0 Å². The van der Waals surface area contributed by atoms with Crippen LogP contribution in [0.1, 0.15) is 43.7 Å². The van der Waals surface area contributed by atoms with Gasteiger partial charge in [0.05, 0.1) is 28.0 Å². The first-order chi connectivity index (χ1) is 15.3. The summed E-state index contributed by atoms with van der Waals surface area (Å²) in [5.74, 6) is -1.49. The number of allylic oxidation sites excluding steroid dienone is 2. The van der Waals surface area contributed by atoms with Gasteiger partial charge in [0.15, 0.2) is 5.82 Å². The Morgan fingerprint density at radius 3 is 2.56 bits per heavy atom. The quantitative estimate of drug-likeness (QED) is 0.425. The topological polar surface area (TPSA) is 105 Å². The number of rotatable bonds is 4. The number of nitrogens with zero attached hydrogens (tertiary/aromatic N) is 2. The number of H-pyrrole nitrogens is 1. The van der Waals surface area contributed by atoms with Gasteiger partial charge in [-0.2, -0.15) is 10.2 Å². The van der Waals surface area contributed by atoms with Gasteiger partial charge in [-0.15, -0.1) is 11.3 Å². The highest BCUT2D eigenvalue weighted by Gasteiger charge is 2.15. The predicted octanol–water partition coefficient (Wildman–Crippen LogP) is 6.32. The fourth-order valence-corrected chi connectivity index (χ4v) is 3.42. The molecule has 0 radical (unpaired) electrons. The van der Waals surface area contributed by atoms with Gasteiger partial charge in [0, 0.05) is 5.56 Å². The number of nitrogen functional groups attached to an aromatic ring is 1. The molecule has 0 saturated heterocycles. The maximum Gasteiger partial charge on any atom is 0.296 e. The summed E-state index contributed by atoms with van der Waals surface area (Å²) in [6, 6.07) is 4.30. The Labute approximate surface area is 193 Å². The number of aromatic nitrogens is 2. The molecule has 0 aliphatic carbocycles. The van der Waals surface area contributed by atoms with E-state index in [0.717, 1.165) is 17.4 Å². The predicted molar refractivity (Wildman–Crippen MR) is 128 cm³/mol. The van der Waals surface area contributed by atoms with Crippen molar-refractivity contribution in [2.45, 2.75) is 27.7 Å². The monoisotopic (exact) mass is 480 g/mol. The van der Waals surface area contributed by atoms with Gasteiger partial charge in [-0.25, -0.2) is 8.78 Å². The van der Waals surface area contributed by atoms with Crippen LogP contribution in [0.4, 0.5) is 13.8 Å². The molecule has 0 spiro atoms. The van der Waals surface area contributed by atoms with Crippen molar-refractivity contribution in [3.05, 3.63) is 61.5 Å². The molecule has 1 aromatic carbocycles. The number of nitrogens with two attached hydrogens (primary N) is 1. The number of aromatic amines is 1. The standard InChI is InChI=1S/C18H11ClF2N4O2S.2C2H6/c1-27-18-24-15-10(17(26)25-18)6-11(19)9(14(15)21)3-2-4-12(20)13-5-8(7-22)16(23)28-13;2*1-2/h2-6H,23H2,1H3,(H,24,25,26);2*1-2H3/b3-2+,12-4+;;. The zero-order valence-electron chi connectivity index (χ0n) is 18.2. The largest absolute Gasteiger partial charge is 0.468 e. The number of benzene rings is 1. The molecule has 2 aromatic heterocycles. The van der Waals surface area contributed by atoms with E-state index in [1.54, 1.807) is 0 Å². The Morgan fingerprint density at radius 2 is 2.00 bits per heavy atom. The van der Waals surface area contributed by atoms with Gasteiger partial charge in [0.1, 0.15) is 22.4 Å². The first-order valence-electron chi connectivity index (χ1n) is 9.65. The third-order valence-corrected chi connectivity index (χ3v) is 5.01. The number of thiophene rings is 1. The summed E-state index contributed by atoms with van der Waals surface area (Å²) >= 11 is 6.98. The van der Waals surface area contributed by atoms with Crippen LogP contribution in [-0.4, -0.2) is 17.1 Å². The van der Waals surface area contributed by atoms with E-state index in [4.69, 9.17) is 27.3 Å². The van der Waals surface area contributed by atoms with Crippen molar-refractivity contribution in [1.82, 2.24) is 9.97 Å². The fraction of sp³-hybridized carbons (Fsp3) is 0.227. The van der Waals surface area contributed by atoms with E-state index in [1.165, 1.54) is 31.4 Å². The number of halogens is 3. The highest BCUT2D eigenvalue weighted by atomic mass is 35.5. The molecule has 6 nitrogen and oxygen atoms in total. The Bertz CT molecular complexity index is 1240. The van der Waals surface area contributed by atoms with Crippen molar-refractivity contribution in [3.63, 3.8) is 0 Å². The summed E-state index contributed by atoms with van der Waals surface area (Å²) in [6.07, 6.45) is 3.57. The third-order valence-electron chi connectivity index (χ3n) is 3.72. The Kier molecular flexibility index (Phi) is 10.5. The van der Waals surface area contributed by atoms with Crippen molar-refractivity contribution >= 4 is 50.7 Å². The molecular formula is C22H23ClF2N4O2S. The maximum absolute atomic E-state index is 14.8. The lowest BCUT2D eigenvalue weighted by molar-refractivity contribution is 0.380. The van der Waals surface area contributed by atoms with E-state index < -0.39 is 17.2 Å². The molecule has 2 heterocycles. The summed E-state index contributed by atoms with van der Waals surface area (Å²) in [6.45, 7) is 8.00. The van der Waals surface area contributed by atoms with E-state index in [9.17, 15) is 13.6 Å². The van der Waals surface area contributed by atoms with E-state index in [2.05, 4.69) is 9.97 Å². The number of hydrogen-bond donors (Lipinski definition) is 2. The van der Waals surface area contributed by atoms with Crippen LogP contribution in [0.15, 0.2) is 29.1 Å². The molecule has 3 rings (SSSR count). The van der Waals surface area contributed by atoms with Crippen molar-refractivity contribution in [2.75, 3.05) is 12.8 Å². The zero-order chi connectivity index (χ0) is 24.4.